The molecule has 2 N–H and O–H groups in total. The number of benzene rings is 1. The molecular weight excluding hydrogens is 222 g/mol. The van der Waals surface area contributed by atoms with Crippen molar-refractivity contribution in [2.75, 3.05) is 26.1 Å². The normalized spacial score (nSPS) is 13.9. The molecule has 0 aliphatic carbocycles. The van der Waals surface area contributed by atoms with Crippen LogP contribution >= 0.6 is 0 Å². The Balaban J connectivity index is 2.92. The topological polar surface area (TPSA) is 70.0 Å². The number of rotatable bonds is 4. The Labute approximate surface area is 100 Å². The van der Waals surface area contributed by atoms with Crippen molar-refractivity contribution in [3.63, 3.8) is 0 Å². The molecule has 0 spiro atoms. The number of carbonyl (C=O) groups is 1. The number of ether oxygens (including phenoxy) is 1. The smallest absolute Gasteiger partial charge is 0.337 e. The lowest BCUT2D eigenvalue weighted by molar-refractivity contribution is -0.156. The number of aliphatic hydroxyl groups is 2. The fourth-order valence-corrected chi connectivity index (χ4v) is 1.42. The SMILES string of the molecule is COC(=O)C(O)C(O)c1cccc(N(C)C)c1. The first kappa shape index (κ1) is 13.5. The molecule has 5 heteroatoms. The minimum Gasteiger partial charge on any atom is -0.467 e. The Morgan fingerprint density at radius 3 is 2.53 bits per heavy atom. The summed E-state index contributed by atoms with van der Waals surface area (Å²) in [5.74, 6) is -0.854. The van der Waals surface area contributed by atoms with E-state index in [2.05, 4.69) is 4.74 Å². The fraction of sp³-hybridized carbons (Fsp3) is 0.417. The van der Waals surface area contributed by atoms with Gasteiger partial charge in [0, 0.05) is 19.8 Å². The van der Waals surface area contributed by atoms with Crippen LogP contribution in [-0.2, 0) is 9.53 Å². The van der Waals surface area contributed by atoms with E-state index in [1.165, 1.54) is 0 Å². The minimum atomic E-state index is -1.57. The monoisotopic (exact) mass is 239 g/mol. The Morgan fingerprint density at radius 2 is 2.00 bits per heavy atom. The molecule has 1 aromatic rings. The van der Waals surface area contributed by atoms with E-state index in [1.54, 1.807) is 18.2 Å². The van der Waals surface area contributed by atoms with Gasteiger partial charge in [0.1, 0.15) is 6.10 Å². The summed E-state index contributed by atoms with van der Waals surface area (Å²) in [5, 5.41) is 19.4. The van der Waals surface area contributed by atoms with E-state index >= 15 is 0 Å². The second-order valence-corrected chi connectivity index (χ2v) is 3.90. The lowest BCUT2D eigenvalue weighted by Gasteiger charge is -2.18. The van der Waals surface area contributed by atoms with Crippen LogP contribution in [0.15, 0.2) is 24.3 Å². The minimum absolute atomic E-state index is 0.467. The molecule has 94 valence electrons. The summed E-state index contributed by atoms with van der Waals surface area (Å²) < 4.78 is 4.37. The van der Waals surface area contributed by atoms with Gasteiger partial charge >= 0.3 is 5.97 Å². The molecular formula is C12H17NO4. The molecule has 1 rings (SSSR count). The number of carbonyl (C=O) groups excluding carboxylic acids is 1. The molecule has 2 unspecified atom stereocenters. The van der Waals surface area contributed by atoms with Gasteiger partial charge in [-0.15, -0.1) is 0 Å². The summed E-state index contributed by atoms with van der Waals surface area (Å²) in [6.07, 6.45) is -2.86. The maximum Gasteiger partial charge on any atom is 0.337 e. The number of anilines is 1. The lowest BCUT2D eigenvalue weighted by Crippen LogP contribution is -2.29. The second kappa shape index (κ2) is 5.65. The van der Waals surface area contributed by atoms with E-state index in [1.807, 2.05) is 25.1 Å². The molecule has 1 aromatic carbocycles. The van der Waals surface area contributed by atoms with Crippen molar-refractivity contribution in [2.24, 2.45) is 0 Å². The van der Waals surface area contributed by atoms with Crippen LogP contribution in [0, 0.1) is 0 Å². The molecule has 0 aromatic heterocycles. The van der Waals surface area contributed by atoms with Crippen molar-refractivity contribution in [2.45, 2.75) is 12.2 Å². The van der Waals surface area contributed by atoms with Crippen molar-refractivity contribution >= 4 is 11.7 Å². The van der Waals surface area contributed by atoms with Gasteiger partial charge in [-0.1, -0.05) is 12.1 Å². The van der Waals surface area contributed by atoms with Gasteiger partial charge in [0.25, 0.3) is 0 Å². The van der Waals surface area contributed by atoms with E-state index in [4.69, 9.17) is 0 Å². The van der Waals surface area contributed by atoms with Gasteiger partial charge in [0.05, 0.1) is 7.11 Å². The summed E-state index contributed by atoms with van der Waals surface area (Å²) in [6.45, 7) is 0. The Morgan fingerprint density at radius 1 is 1.35 bits per heavy atom. The number of nitrogens with zero attached hydrogens (tertiary/aromatic N) is 1. The third-order valence-corrected chi connectivity index (χ3v) is 2.47. The molecule has 0 aliphatic heterocycles. The first-order valence-corrected chi connectivity index (χ1v) is 5.18. The summed E-state index contributed by atoms with van der Waals surface area (Å²) in [5.41, 5.74) is 1.34. The first-order valence-electron chi connectivity index (χ1n) is 5.18. The molecule has 0 amide bonds. The molecule has 0 saturated carbocycles. The van der Waals surface area contributed by atoms with Gasteiger partial charge in [-0.2, -0.15) is 0 Å². The predicted molar refractivity (Wildman–Crippen MR) is 63.8 cm³/mol. The third-order valence-electron chi connectivity index (χ3n) is 2.47. The molecule has 5 nitrogen and oxygen atoms in total. The highest BCUT2D eigenvalue weighted by molar-refractivity contribution is 5.75. The van der Waals surface area contributed by atoms with E-state index < -0.39 is 18.2 Å². The highest BCUT2D eigenvalue weighted by atomic mass is 16.5. The largest absolute Gasteiger partial charge is 0.467 e. The molecule has 17 heavy (non-hydrogen) atoms. The first-order chi connectivity index (χ1) is 7.97. The molecule has 2 atom stereocenters. The van der Waals surface area contributed by atoms with E-state index in [-0.39, 0.29) is 0 Å². The summed E-state index contributed by atoms with van der Waals surface area (Å²) in [6, 6.07) is 6.96. The molecule has 0 radical (unpaired) electrons. The Hall–Kier alpha value is -1.59. The van der Waals surface area contributed by atoms with Gasteiger partial charge in [-0.05, 0) is 17.7 Å². The Kier molecular flexibility index (Phi) is 4.48. The number of aliphatic hydroxyl groups excluding tert-OH is 2. The number of esters is 1. The average Bonchev–Trinajstić information content (AvgIpc) is 2.36. The zero-order valence-electron chi connectivity index (χ0n) is 10.1. The number of hydrogen-bond donors (Lipinski definition) is 2. The van der Waals surface area contributed by atoms with E-state index in [9.17, 15) is 15.0 Å². The highest BCUT2D eigenvalue weighted by Crippen LogP contribution is 2.22. The average molecular weight is 239 g/mol. The summed E-state index contributed by atoms with van der Waals surface area (Å²) >= 11 is 0. The standard InChI is InChI=1S/C12H17NO4/c1-13(2)9-6-4-5-8(7-9)10(14)11(15)12(16)17-3/h4-7,10-11,14-15H,1-3H3. The molecule has 0 bridgehead atoms. The van der Waals surface area contributed by atoms with Crippen LogP contribution in [0.25, 0.3) is 0 Å². The van der Waals surface area contributed by atoms with Crippen LogP contribution < -0.4 is 4.90 Å². The lowest BCUT2D eigenvalue weighted by atomic mass is 10.0. The van der Waals surface area contributed by atoms with Crippen LogP contribution in [0.2, 0.25) is 0 Å². The van der Waals surface area contributed by atoms with Crippen LogP contribution in [-0.4, -0.2) is 43.5 Å². The van der Waals surface area contributed by atoms with Crippen LogP contribution in [0.4, 0.5) is 5.69 Å². The van der Waals surface area contributed by atoms with Crippen molar-refractivity contribution in [3.8, 4) is 0 Å². The molecule has 0 saturated heterocycles. The second-order valence-electron chi connectivity index (χ2n) is 3.90. The molecule has 0 aliphatic rings. The van der Waals surface area contributed by atoms with Gasteiger partial charge in [-0.25, -0.2) is 4.79 Å². The van der Waals surface area contributed by atoms with Crippen molar-refractivity contribution in [1.29, 1.82) is 0 Å². The summed E-state index contributed by atoms with van der Waals surface area (Å²) in [7, 11) is 4.89. The van der Waals surface area contributed by atoms with Crippen molar-refractivity contribution < 1.29 is 19.7 Å². The van der Waals surface area contributed by atoms with E-state index in [0.29, 0.717) is 5.56 Å². The van der Waals surface area contributed by atoms with Crippen LogP contribution in [0.3, 0.4) is 0 Å². The Bertz CT molecular complexity index is 392. The van der Waals surface area contributed by atoms with Gasteiger partial charge in [0.2, 0.25) is 0 Å². The summed E-state index contributed by atoms with van der Waals surface area (Å²) in [4.78, 5) is 13.0. The zero-order chi connectivity index (χ0) is 13.0. The maximum absolute atomic E-state index is 11.1. The van der Waals surface area contributed by atoms with Gasteiger partial charge in [0.15, 0.2) is 6.10 Å². The van der Waals surface area contributed by atoms with Crippen LogP contribution in [0.1, 0.15) is 11.7 Å². The van der Waals surface area contributed by atoms with Crippen molar-refractivity contribution in [3.05, 3.63) is 29.8 Å². The van der Waals surface area contributed by atoms with Crippen molar-refractivity contribution in [1.82, 2.24) is 0 Å². The number of hydrogen-bond acceptors (Lipinski definition) is 5. The van der Waals surface area contributed by atoms with Gasteiger partial charge in [-0.3, -0.25) is 0 Å². The molecule has 0 heterocycles. The maximum atomic E-state index is 11.1. The third kappa shape index (κ3) is 3.18. The van der Waals surface area contributed by atoms with Gasteiger partial charge < -0.3 is 19.8 Å². The highest BCUT2D eigenvalue weighted by Gasteiger charge is 2.26. The predicted octanol–water partition coefficient (Wildman–Crippen LogP) is 0.320. The van der Waals surface area contributed by atoms with Crippen LogP contribution in [0.5, 0.6) is 0 Å². The quantitative estimate of drug-likeness (QED) is 0.740. The zero-order valence-corrected chi connectivity index (χ0v) is 10.1. The number of methoxy groups -OCH3 is 1. The molecule has 0 fully saturated rings. The van der Waals surface area contributed by atoms with E-state index in [0.717, 1.165) is 12.8 Å². The fourth-order valence-electron chi connectivity index (χ4n) is 1.42.